The third kappa shape index (κ3) is 3.14. The summed E-state index contributed by atoms with van der Waals surface area (Å²) in [5.74, 6) is 0. The Morgan fingerprint density at radius 2 is 1.91 bits per heavy atom. The molecule has 0 bridgehead atoms. The van der Waals surface area contributed by atoms with Crippen molar-refractivity contribution in [1.29, 1.82) is 0 Å². The van der Waals surface area contributed by atoms with Gasteiger partial charge in [0.05, 0.1) is 17.9 Å². The molecule has 1 aliphatic heterocycles. The fraction of sp³-hybridized carbons (Fsp3) is 0.278. The fourth-order valence-electron chi connectivity index (χ4n) is 2.59. The normalized spacial score (nSPS) is 13.8. The minimum atomic E-state index is -0.580. The average Bonchev–Trinajstić information content (AvgIpc) is 2.85. The van der Waals surface area contributed by atoms with E-state index < -0.39 is 11.7 Å². The van der Waals surface area contributed by atoms with Gasteiger partial charge in [-0.05, 0) is 38.5 Å². The van der Waals surface area contributed by atoms with Gasteiger partial charge in [0.15, 0.2) is 0 Å². The van der Waals surface area contributed by atoms with Gasteiger partial charge in [-0.15, -0.1) is 0 Å². The molecule has 0 saturated heterocycles. The van der Waals surface area contributed by atoms with Crippen molar-refractivity contribution < 1.29 is 14.7 Å². The molecule has 0 amide bonds. The van der Waals surface area contributed by atoms with Gasteiger partial charge in [0.2, 0.25) is 0 Å². The second kappa shape index (κ2) is 5.59. The van der Waals surface area contributed by atoms with Crippen LogP contribution < -0.4 is 0 Å². The summed E-state index contributed by atoms with van der Waals surface area (Å²) in [7, 11) is 0. The molecular weight excluding hydrogens is 292 g/mol. The number of hydroxylamine groups is 2. The van der Waals surface area contributed by atoms with Crippen LogP contribution in [0.15, 0.2) is 42.6 Å². The number of hydrogen-bond acceptors (Lipinski definition) is 4. The van der Waals surface area contributed by atoms with Gasteiger partial charge in [0.1, 0.15) is 5.60 Å². The molecule has 1 N–H and O–H groups in total. The number of nitrogens with zero attached hydrogens (tertiary/aromatic N) is 2. The van der Waals surface area contributed by atoms with E-state index in [-0.39, 0.29) is 0 Å². The van der Waals surface area contributed by atoms with Crippen LogP contribution >= 0.6 is 0 Å². The Balaban J connectivity index is 2.13. The molecule has 0 saturated carbocycles. The molecule has 0 atom stereocenters. The standard InChI is InChI=1S/C18H20N2O3/c1-18(2,3)23-17(21)20-15-9-10-19(22)12-14(15)11-16(20)13-7-5-4-6-8-13/h4-11,22H,12H2,1-3H3. The van der Waals surface area contributed by atoms with Crippen molar-refractivity contribution in [2.24, 2.45) is 0 Å². The van der Waals surface area contributed by atoms with E-state index in [1.165, 1.54) is 6.20 Å². The minimum Gasteiger partial charge on any atom is -0.443 e. The monoisotopic (exact) mass is 312 g/mol. The van der Waals surface area contributed by atoms with Gasteiger partial charge in [-0.1, -0.05) is 30.3 Å². The van der Waals surface area contributed by atoms with Crippen molar-refractivity contribution in [3.05, 3.63) is 53.9 Å². The molecule has 1 aliphatic rings. The van der Waals surface area contributed by atoms with E-state index in [1.54, 1.807) is 10.6 Å². The maximum atomic E-state index is 12.7. The molecule has 5 nitrogen and oxygen atoms in total. The van der Waals surface area contributed by atoms with Crippen LogP contribution in [0.25, 0.3) is 17.3 Å². The van der Waals surface area contributed by atoms with Crippen molar-refractivity contribution in [3.63, 3.8) is 0 Å². The molecule has 3 rings (SSSR count). The minimum absolute atomic E-state index is 0.335. The van der Waals surface area contributed by atoms with E-state index >= 15 is 0 Å². The van der Waals surface area contributed by atoms with Crippen LogP contribution in [0.3, 0.4) is 0 Å². The van der Waals surface area contributed by atoms with Gasteiger partial charge in [-0.3, -0.25) is 10.3 Å². The Hall–Kier alpha value is -2.53. The van der Waals surface area contributed by atoms with Crippen LogP contribution in [0.4, 0.5) is 4.79 Å². The zero-order valence-electron chi connectivity index (χ0n) is 13.5. The fourth-order valence-corrected chi connectivity index (χ4v) is 2.59. The smallest absolute Gasteiger partial charge is 0.419 e. The lowest BCUT2D eigenvalue weighted by molar-refractivity contribution is -0.0495. The Kier molecular flexibility index (Phi) is 3.74. The second-order valence-corrected chi connectivity index (χ2v) is 6.54. The highest BCUT2D eigenvalue weighted by molar-refractivity contribution is 5.84. The summed E-state index contributed by atoms with van der Waals surface area (Å²) in [5, 5.41) is 10.8. The second-order valence-electron chi connectivity index (χ2n) is 6.54. The van der Waals surface area contributed by atoms with Crippen LogP contribution in [-0.2, 0) is 11.3 Å². The van der Waals surface area contributed by atoms with Crippen LogP contribution in [0.2, 0.25) is 0 Å². The molecule has 0 unspecified atom stereocenters. The third-order valence-electron chi connectivity index (χ3n) is 3.50. The first-order valence-electron chi connectivity index (χ1n) is 7.52. The number of carbonyl (C=O) groups excluding carboxylic acids is 1. The summed E-state index contributed by atoms with van der Waals surface area (Å²) in [6, 6.07) is 11.6. The van der Waals surface area contributed by atoms with E-state index in [0.29, 0.717) is 6.54 Å². The average molecular weight is 312 g/mol. The van der Waals surface area contributed by atoms with Crippen LogP contribution in [0, 0.1) is 0 Å². The molecule has 23 heavy (non-hydrogen) atoms. The van der Waals surface area contributed by atoms with E-state index in [0.717, 1.165) is 27.6 Å². The van der Waals surface area contributed by atoms with Crippen LogP contribution in [0.1, 0.15) is 32.0 Å². The Morgan fingerprint density at radius 1 is 1.22 bits per heavy atom. The first-order chi connectivity index (χ1) is 10.8. The third-order valence-corrected chi connectivity index (χ3v) is 3.50. The zero-order valence-corrected chi connectivity index (χ0v) is 13.5. The summed E-state index contributed by atoms with van der Waals surface area (Å²) in [6.45, 7) is 5.86. The quantitative estimate of drug-likeness (QED) is 0.861. The Bertz CT molecular complexity index is 755. The summed E-state index contributed by atoms with van der Waals surface area (Å²) >= 11 is 0. The van der Waals surface area contributed by atoms with Gasteiger partial charge in [0, 0.05) is 11.8 Å². The molecule has 5 heteroatoms. The predicted molar refractivity (Wildman–Crippen MR) is 87.9 cm³/mol. The van der Waals surface area contributed by atoms with Gasteiger partial charge in [0.25, 0.3) is 0 Å². The van der Waals surface area contributed by atoms with Crippen molar-refractivity contribution >= 4 is 12.2 Å². The number of fused-ring (bicyclic) bond motifs is 1. The molecule has 0 radical (unpaired) electrons. The first-order valence-corrected chi connectivity index (χ1v) is 7.52. The van der Waals surface area contributed by atoms with E-state index in [1.807, 2.05) is 57.2 Å². The Labute approximate surface area is 135 Å². The SMILES string of the molecule is CC(C)(C)OC(=O)n1c(-c2ccccc2)cc2c1C=CN(O)C2. The first kappa shape index (κ1) is 15.4. The summed E-state index contributed by atoms with van der Waals surface area (Å²) in [4.78, 5) is 12.7. The van der Waals surface area contributed by atoms with Crippen molar-refractivity contribution in [2.45, 2.75) is 32.9 Å². The van der Waals surface area contributed by atoms with Crippen molar-refractivity contribution in [3.8, 4) is 11.3 Å². The number of benzene rings is 1. The molecular formula is C18H20N2O3. The number of rotatable bonds is 1. The highest BCUT2D eigenvalue weighted by Crippen LogP contribution is 2.30. The maximum absolute atomic E-state index is 12.7. The van der Waals surface area contributed by atoms with Crippen molar-refractivity contribution in [1.82, 2.24) is 9.63 Å². The molecule has 2 aromatic rings. The molecule has 1 aromatic carbocycles. The lowest BCUT2D eigenvalue weighted by atomic mass is 10.1. The lowest BCUT2D eigenvalue weighted by Crippen LogP contribution is -2.28. The molecule has 0 aliphatic carbocycles. The van der Waals surface area contributed by atoms with Gasteiger partial charge >= 0.3 is 6.09 Å². The topological polar surface area (TPSA) is 54.7 Å². The predicted octanol–water partition coefficient (Wildman–Crippen LogP) is 4.11. The molecule has 0 spiro atoms. The zero-order chi connectivity index (χ0) is 16.6. The molecule has 120 valence electrons. The molecule has 1 aromatic heterocycles. The van der Waals surface area contributed by atoms with Gasteiger partial charge in [-0.2, -0.15) is 0 Å². The highest BCUT2D eigenvalue weighted by atomic mass is 16.6. The maximum Gasteiger partial charge on any atom is 0.419 e. The Morgan fingerprint density at radius 3 is 2.57 bits per heavy atom. The lowest BCUT2D eigenvalue weighted by Gasteiger charge is -2.22. The van der Waals surface area contributed by atoms with Gasteiger partial charge < -0.3 is 4.74 Å². The largest absolute Gasteiger partial charge is 0.443 e. The number of aromatic nitrogens is 1. The van der Waals surface area contributed by atoms with Crippen LogP contribution in [-0.4, -0.2) is 26.5 Å². The summed E-state index contributed by atoms with van der Waals surface area (Å²) in [6.07, 6.45) is 2.83. The molecule has 0 fully saturated rings. The summed E-state index contributed by atoms with van der Waals surface area (Å²) < 4.78 is 7.12. The van der Waals surface area contributed by atoms with E-state index in [9.17, 15) is 10.0 Å². The van der Waals surface area contributed by atoms with Crippen LogP contribution in [0.5, 0.6) is 0 Å². The molecule has 2 heterocycles. The van der Waals surface area contributed by atoms with Gasteiger partial charge in [-0.25, -0.2) is 9.36 Å². The van der Waals surface area contributed by atoms with E-state index in [4.69, 9.17) is 4.74 Å². The number of carbonyl (C=O) groups is 1. The number of ether oxygens (including phenoxy) is 1. The number of hydrogen-bond donors (Lipinski definition) is 1. The van der Waals surface area contributed by atoms with Crippen molar-refractivity contribution in [2.75, 3.05) is 0 Å². The van der Waals surface area contributed by atoms with E-state index in [2.05, 4.69) is 0 Å². The summed E-state index contributed by atoms with van der Waals surface area (Å²) in [5.41, 5.74) is 2.71. The highest BCUT2D eigenvalue weighted by Gasteiger charge is 2.26.